The largest absolute Gasteiger partial charge is 0.481 e. The second-order valence-electron chi connectivity index (χ2n) is 3.80. The van der Waals surface area contributed by atoms with Gasteiger partial charge in [-0.25, -0.2) is 4.98 Å². The molecule has 2 rings (SSSR count). The molecule has 1 heterocycles. The van der Waals surface area contributed by atoms with Gasteiger partial charge in [-0.1, -0.05) is 23.8 Å². The van der Waals surface area contributed by atoms with Gasteiger partial charge in [0.25, 0.3) is 0 Å². The number of nitrogens with zero attached hydrogens (tertiary/aromatic N) is 1. The smallest absolute Gasteiger partial charge is 0.213 e. The number of aromatic nitrogens is 1. The van der Waals surface area contributed by atoms with Gasteiger partial charge in [0.1, 0.15) is 0 Å². The Balaban J connectivity index is 2.58. The van der Waals surface area contributed by atoms with Gasteiger partial charge in [0, 0.05) is 17.8 Å². The number of benzene rings is 1. The van der Waals surface area contributed by atoms with E-state index in [1.807, 2.05) is 37.3 Å². The van der Waals surface area contributed by atoms with E-state index in [0.717, 1.165) is 23.0 Å². The van der Waals surface area contributed by atoms with Crippen LogP contribution in [-0.4, -0.2) is 18.4 Å². The Labute approximate surface area is 100 Å². The van der Waals surface area contributed by atoms with Gasteiger partial charge in [0.2, 0.25) is 5.88 Å². The summed E-state index contributed by atoms with van der Waals surface area (Å²) < 4.78 is 5.08. The second-order valence-corrected chi connectivity index (χ2v) is 3.80. The van der Waals surface area contributed by atoms with Gasteiger partial charge in [0.05, 0.1) is 7.11 Å². The first-order chi connectivity index (χ1) is 8.24. The summed E-state index contributed by atoms with van der Waals surface area (Å²) in [4.78, 5) is 15.1. The molecule has 0 saturated carbocycles. The van der Waals surface area contributed by atoms with Crippen molar-refractivity contribution in [2.24, 2.45) is 0 Å². The summed E-state index contributed by atoms with van der Waals surface area (Å²) in [5.41, 5.74) is 3.62. The van der Waals surface area contributed by atoms with Crippen molar-refractivity contribution in [3.63, 3.8) is 0 Å². The number of pyridine rings is 1. The molecule has 0 fully saturated rings. The van der Waals surface area contributed by atoms with E-state index in [2.05, 4.69) is 4.98 Å². The molecular formula is C14H13NO2. The lowest BCUT2D eigenvalue weighted by molar-refractivity contribution is 0.112. The predicted octanol–water partition coefficient (Wildman–Crippen LogP) is 2.88. The van der Waals surface area contributed by atoms with Crippen LogP contribution in [0.1, 0.15) is 15.9 Å². The fourth-order valence-corrected chi connectivity index (χ4v) is 1.71. The minimum Gasteiger partial charge on any atom is -0.481 e. The number of ether oxygens (including phenoxy) is 1. The van der Waals surface area contributed by atoms with Gasteiger partial charge >= 0.3 is 0 Å². The lowest BCUT2D eigenvalue weighted by atomic mass is 9.99. The van der Waals surface area contributed by atoms with E-state index in [-0.39, 0.29) is 0 Å². The Kier molecular flexibility index (Phi) is 3.19. The molecular weight excluding hydrogens is 214 g/mol. The molecule has 0 unspecified atom stereocenters. The third-order valence-electron chi connectivity index (χ3n) is 2.59. The Morgan fingerprint density at radius 3 is 2.76 bits per heavy atom. The average molecular weight is 227 g/mol. The Morgan fingerprint density at radius 1 is 1.24 bits per heavy atom. The Bertz CT molecular complexity index is 550. The fraction of sp³-hybridized carbons (Fsp3) is 0.143. The van der Waals surface area contributed by atoms with Crippen LogP contribution in [0, 0.1) is 6.92 Å². The number of methoxy groups -OCH3 is 1. The molecule has 0 aliphatic carbocycles. The normalized spacial score (nSPS) is 10.0. The maximum Gasteiger partial charge on any atom is 0.213 e. The van der Waals surface area contributed by atoms with Gasteiger partial charge in [-0.05, 0) is 24.1 Å². The van der Waals surface area contributed by atoms with Gasteiger partial charge in [-0.3, -0.25) is 4.79 Å². The minimum atomic E-state index is 0.542. The van der Waals surface area contributed by atoms with Crippen molar-refractivity contribution in [3.05, 3.63) is 47.7 Å². The number of rotatable bonds is 3. The molecule has 3 heteroatoms. The first kappa shape index (κ1) is 11.3. The highest BCUT2D eigenvalue weighted by Crippen LogP contribution is 2.25. The van der Waals surface area contributed by atoms with E-state index in [0.29, 0.717) is 11.4 Å². The molecule has 0 amide bonds. The standard InChI is InChI=1S/C14H13NO2/c1-10-3-4-12(9-16)13(7-10)11-5-6-15-14(8-11)17-2/h3-9H,1-2H3. The SMILES string of the molecule is COc1cc(-c2cc(C)ccc2C=O)ccn1. The van der Waals surface area contributed by atoms with Crippen molar-refractivity contribution in [1.82, 2.24) is 4.98 Å². The zero-order chi connectivity index (χ0) is 12.3. The van der Waals surface area contributed by atoms with Crippen molar-refractivity contribution in [2.75, 3.05) is 7.11 Å². The fourth-order valence-electron chi connectivity index (χ4n) is 1.71. The molecule has 86 valence electrons. The van der Waals surface area contributed by atoms with E-state index in [9.17, 15) is 4.79 Å². The number of carbonyl (C=O) groups excluding carboxylic acids is 1. The Hall–Kier alpha value is -2.16. The molecule has 0 N–H and O–H groups in total. The van der Waals surface area contributed by atoms with Crippen LogP contribution in [0.3, 0.4) is 0 Å². The van der Waals surface area contributed by atoms with Gasteiger partial charge in [-0.2, -0.15) is 0 Å². The second kappa shape index (κ2) is 4.78. The summed E-state index contributed by atoms with van der Waals surface area (Å²) >= 11 is 0. The summed E-state index contributed by atoms with van der Waals surface area (Å²) in [6.45, 7) is 2.00. The first-order valence-corrected chi connectivity index (χ1v) is 5.31. The molecule has 0 saturated heterocycles. The van der Waals surface area contributed by atoms with Crippen LogP contribution in [0.4, 0.5) is 0 Å². The van der Waals surface area contributed by atoms with Crippen LogP contribution in [0.5, 0.6) is 5.88 Å². The number of aldehydes is 1. The average Bonchev–Trinajstić information content (AvgIpc) is 2.39. The number of aryl methyl sites for hydroxylation is 1. The monoisotopic (exact) mass is 227 g/mol. The maximum absolute atomic E-state index is 11.0. The third-order valence-corrected chi connectivity index (χ3v) is 2.59. The van der Waals surface area contributed by atoms with Crippen molar-refractivity contribution in [2.45, 2.75) is 6.92 Å². The molecule has 0 bridgehead atoms. The number of carbonyl (C=O) groups is 1. The van der Waals surface area contributed by atoms with E-state index < -0.39 is 0 Å². The third kappa shape index (κ3) is 2.33. The van der Waals surface area contributed by atoms with Crippen molar-refractivity contribution in [1.29, 1.82) is 0 Å². The van der Waals surface area contributed by atoms with Gasteiger partial charge < -0.3 is 4.74 Å². The van der Waals surface area contributed by atoms with E-state index in [1.165, 1.54) is 0 Å². The summed E-state index contributed by atoms with van der Waals surface area (Å²) in [5, 5.41) is 0. The number of hydrogen-bond acceptors (Lipinski definition) is 3. The van der Waals surface area contributed by atoms with Crippen LogP contribution in [-0.2, 0) is 0 Å². The minimum absolute atomic E-state index is 0.542. The van der Waals surface area contributed by atoms with Crippen LogP contribution >= 0.6 is 0 Å². The molecule has 1 aromatic heterocycles. The highest BCUT2D eigenvalue weighted by Gasteiger charge is 2.06. The first-order valence-electron chi connectivity index (χ1n) is 5.31. The molecule has 1 aromatic carbocycles. The van der Waals surface area contributed by atoms with Crippen LogP contribution in [0.25, 0.3) is 11.1 Å². The maximum atomic E-state index is 11.0. The quantitative estimate of drug-likeness (QED) is 0.757. The lowest BCUT2D eigenvalue weighted by Gasteiger charge is -2.07. The molecule has 0 spiro atoms. The molecule has 0 aliphatic rings. The topological polar surface area (TPSA) is 39.2 Å². The highest BCUT2D eigenvalue weighted by atomic mass is 16.5. The van der Waals surface area contributed by atoms with E-state index >= 15 is 0 Å². The molecule has 0 atom stereocenters. The molecule has 3 nitrogen and oxygen atoms in total. The summed E-state index contributed by atoms with van der Waals surface area (Å²) in [6, 6.07) is 9.42. The summed E-state index contributed by atoms with van der Waals surface area (Å²) in [5.74, 6) is 0.542. The van der Waals surface area contributed by atoms with Gasteiger partial charge in [0.15, 0.2) is 6.29 Å². The van der Waals surface area contributed by atoms with E-state index in [4.69, 9.17) is 4.74 Å². The van der Waals surface area contributed by atoms with Crippen LogP contribution < -0.4 is 4.74 Å². The van der Waals surface area contributed by atoms with Crippen molar-refractivity contribution < 1.29 is 9.53 Å². The predicted molar refractivity (Wildman–Crippen MR) is 66.3 cm³/mol. The van der Waals surface area contributed by atoms with Crippen LogP contribution in [0.15, 0.2) is 36.5 Å². The zero-order valence-corrected chi connectivity index (χ0v) is 9.81. The molecule has 17 heavy (non-hydrogen) atoms. The molecule has 2 aromatic rings. The van der Waals surface area contributed by atoms with Crippen molar-refractivity contribution >= 4 is 6.29 Å². The molecule has 0 aliphatic heterocycles. The summed E-state index contributed by atoms with van der Waals surface area (Å²) in [6.07, 6.45) is 2.53. The highest BCUT2D eigenvalue weighted by molar-refractivity contribution is 5.87. The van der Waals surface area contributed by atoms with Crippen LogP contribution in [0.2, 0.25) is 0 Å². The lowest BCUT2D eigenvalue weighted by Crippen LogP contribution is -1.91. The van der Waals surface area contributed by atoms with Crippen molar-refractivity contribution in [3.8, 4) is 17.0 Å². The van der Waals surface area contributed by atoms with Gasteiger partial charge in [-0.15, -0.1) is 0 Å². The van der Waals surface area contributed by atoms with E-state index in [1.54, 1.807) is 13.3 Å². The molecule has 0 radical (unpaired) electrons. The number of hydrogen-bond donors (Lipinski definition) is 0. The Morgan fingerprint density at radius 2 is 2.06 bits per heavy atom. The summed E-state index contributed by atoms with van der Waals surface area (Å²) in [7, 11) is 1.57. The zero-order valence-electron chi connectivity index (χ0n) is 9.81.